The molecule has 1 aliphatic rings. The van der Waals surface area contributed by atoms with Gasteiger partial charge in [-0.2, -0.15) is 0 Å². The minimum atomic E-state index is -0.187. The van der Waals surface area contributed by atoms with Gasteiger partial charge in [0.25, 0.3) is 0 Å². The number of rotatable bonds is 2. The van der Waals surface area contributed by atoms with E-state index in [1.807, 2.05) is 20.8 Å². The Hall–Kier alpha value is -0.530. The monoisotopic (exact) mass is 382 g/mol. The highest BCUT2D eigenvalue weighted by atomic mass is 127. The number of hydrogen-bond acceptors (Lipinski definition) is 2. The van der Waals surface area contributed by atoms with Crippen molar-refractivity contribution in [2.24, 2.45) is 4.99 Å². The second kappa shape index (κ2) is 8.60. The van der Waals surface area contributed by atoms with E-state index in [0.29, 0.717) is 0 Å². The summed E-state index contributed by atoms with van der Waals surface area (Å²) in [6, 6.07) is 0. The SMILES string of the molecule is CN=C(NCC(=O)NC(C)(C)C)N1CCCCC1.I. The van der Waals surface area contributed by atoms with Crippen molar-refractivity contribution in [2.45, 2.75) is 45.6 Å². The number of halogens is 1. The molecule has 0 radical (unpaired) electrons. The smallest absolute Gasteiger partial charge is 0.239 e. The van der Waals surface area contributed by atoms with Gasteiger partial charge in [0.05, 0.1) is 6.54 Å². The molecule has 19 heavy (non-hydrogen) atoms. The summed E-state index contributed by atoms with van der Waals surface area (Å²) in [5, 5.41) is 6.05. The molecule has 0 bridgehead atoms. The second-order valence-electron chi connectivity index (χ2n) is 5.75. The molecule has 112 valence electrons. The van der Waals surface area contributed by atoms with E-state index in [1.54, 1.807) is 7.05 Å². The first-order valence-electron chi connectivity index (χ1n) is 6.69. The standard InChI is InChI=1S/C13H26N4O.HI/c1-13(2,3)16-11(18)10-15-12(14-4)17-8-6-5-7-9-17;/h5-10H2,1-4H3,(H,14,15)(H,16,18);1H. The van der Waals surface area contributed by atoms with Crippen LogP contribution in [0.25, 0.3) is 0 Å². The molecule has 1 heterocycles. The van der Waals surface area contributed by atoms with E-state index in [-0.39, 0.29) is 42.0 Å². The first kappa shape index (κ1) is 18.5. The lowest BCUT2D eigenvalue weighted by molar-refractivity contribution is -0.121. The molecule has 0 unspecified atom stereocenters. The molecule has 1 fully saturated rings. The van der Waals surface area contributed by atoms with Gasteiger partial charge in [0.15, 0.2) is 5.96 Å². The van der Waals surface area contributed by atoms with Crippen LogP contribution in [0.3, 0.4) is 0 Å². The van der Waals surface area contributed by atoms with E-state index in [9.17, 15) is 4.79 Å². The normalized spacial score (nSPS) is 16.6. The maximum atomic E-state index is 11.7. The van der Waals surface area contributed by atoms with E-state index in [0.717, 1.165) is 19.0 Å². The molecule has 0 saturated carbocycles. The van der Waals surface area contributed by atoms with Crippen molar-refractivity contribution in [1.82, 2.24) is 15.5 Å². The van der Waals surface area contributed by atoms with Gasteiger partial charge < -0.3 is 15.5 Å². The third-order valence-corrected chi connectivity index (χ3v) is 2.79. The quantitative estimate of drug-likeness (QED) is 0.433. The van der Waals surface area contributed by atoms with Crippen molar-refractivity contribution < 1.29 is 4.79 Å². The Morgan fingerprint density at radius 2 is 1.79 bits per heavy atom. The summed E-state index contributed by atoms with van der Waals surface area (Å²) in [6.45, 7) is 8.26. The fraction of sp³-hybridized carbons (Fsp3) is 0.846. The van der Waals surface area contributed by atoms with E-state index >= 15 is 0 Å². The Morgan fingerprint density at radius 3 is 2.26 bits per heavy atom. The van der Waals surface area contributed by atoms with Crippen LogP contribution in [0.15, 0.2) is 4.99 Å². The van der Waals surface area contributed by atoms with Gasteiger partial charge >= 0.3 is 0 Å². The number of nitrogens with one attached hydrogen (secondary N) is 2. The number of carbonyl (C=O) groups is 1. The minimum Gasteiger partial charge on any atom is -0.350 e. The highest BCUT2D eigenvalue weighted by Gasteiger charge is 2.17. The number of nitrogens with zero attached hydrogens (tertiary/aromatic N) is 2. The van der Waals surface area contributed by atoms with Gasteiger partial charge in [-0.15, -0.1) is 24.0 Å². The van der Waals surface area contributed by atoms with E-state index < -0.39 is 0 Å². The maximum absolute atomic E-state index is 11.7. The number of hydrogen-bond donors (Lipinski definition) is 2. The number of piperidine rings is 1. The summed E-state index contributed by atoms with van der Waals surface area (Å²) in [4.78, 5) is 18.2. The van der Waals surface area contributed by atoms with Crippen LogP contribution in [-0.2, 0) is 4.79 Å². The highest BCUT2D eigenvalue weighted by molar-refractivity contribution is 14.0. The van der Waals surface area contributed by atoms with Gasteiger partial charge in [-0.3, -0.25) is 9.79 Å². The van der Waals surface area contributed by atoms with Crippen LogP contribution in [0.1, 0.15) is 40.0 Å². The van der Waals surface area contributed by atoms with Gasteiger partial charge in [0.1, 0.15) is 0 Å². The molecule has 0 aromatic carbocycles. The van der Waals surface area contributed by atoms with E-state index in [4.69, 9.17) is 0 Å². The molecular formula is C13H27IN4O. The van der Waals surface area contributed by atoms with Crippen molar-refractivity contribution in [1.29, 1.82) is 0 Å². The van der Waals surface area contributed by atoms with Crippen LogP contribution < -0.4 is 10.6 Å². The zero-order chi connectivity index (χ0) is 13.6. The summed E-state index contributed by atoms with van der Waals surface area (Å²) in [6.07, 6.45) is 3.70. The van der Waals surface area contributed by atoms with Crippen LogP contribution in [0, 0.1) is 0 Å². The topological polar surface area (TPSA) is 56.7 Å². The molecular weight excluding hydrogens is 355 g/mol. The molecule has 6 heteroatoms. The number of amides is 1. The maximum Gasteiger partial charge on any atom is 0.239 e. The van der Waals surface area contributed by atoms with E-state index in [2.05, 4.69) is 20.5 Å². The van der Waals surface area contributed by atoms with Crippen molar-refractivity contribution in [3.05, 3.63) is 0 Å². The first-order chi connectivity index (χ1) is 8.42. The molecule has 5 nitrogen and oxygen atoms in total. The molecule has 1 rings (SSSR count). The fourth-order valence-electron chi connectivity index (χ4n) is 2.06. The van der Waals surface area contributed by atoms with Crippen LogP contribution >= 0.6 is 24.0 Å². The average Bonchev–Trinajstić information content (AvgIpc) is 2.29. The Kier molecular flexibility index (Phi) is 8.36. The van der Waals surface area contributed by atoms with Crippen LogP contribution in [0.5, 0.6) is 0 Å². The summed E-state index contributed by atoms with van der Waals surface area (Å²) in [5.74, 6) is 0.833. The Bertz CT molecular complexity index is 306. The Labute approximate surface area is 133 Å². The minimum absolute atomic E-state index is 0. The summed E-state index contributed by atoms with van der Waals surface area (Å²) in [7, 11) is 1.76. The lowest BCUT2D eigenvalue weighted by Crippen LogP contribution is -2.50. The molecule has 0 aromatic heterocycles. The van der Waals surface area contributed by atoms with Gasteiger partial charge in [-0.25, -0.2) is 0 Å². The zero-order valence-electron chi connectivity index (χ0n) is 12.5. The van der Waals surface area contributed by atoms with Crippen molar-refractivity contribution in [2.75, 3.05) is 26.7 Å². The average molecular weight is 382 g/mol. The van der Waals surface area contributed by atoms with Gasteiger partial charge in [0, 0.05) is 25.7 Å². The number of carbonyl (C=O) groups excluding carboxylic acids is 1. The highest BCUT2D eigenvalue weighted by Crippen LogP contribution is 2.08. The van der Waals surface area contributed by atoms with Crippen LogP contribution in [0.4, 0.5) is 0 Å². The predicted octanol–water partition coefficient (Wildman–Crippen LogP) is 1.58. The molecule has 1 saturated heterocycles. The zero-order valence-corrected chi connectivity index (χ0v) is 14.8. The Morgan fingerprint density at radius 1 is 1.21 bits per heavy atom. The molecule has 0 aromatic rings. The number of likely N-dealkylation sites (tertiary alicyclic amines) is 1. The molecule has 1 aliphatic heterocycles. The van der Waals surface area contributed by atoms with Crippen molar-refractivity contribution >= 4 is 35.8 Å². The van der Waals surface area contributed by atoms with Crippen molar-refractivity contribution in [3.8, 4) is 0 Å². The third-order valence-electron chi connectivity index (χ3n) is 2.79. The lowest BCUT2D eigenvalue weighted by atomic mass is 10.1. The second-order valence-corrected chi connectivity index (χ2v) is 5.75. The first-order valence-corrected chi connectivity index (χ1v) is 6.69. The van der Waals surface area contributed by atoms with Gasteiger partial charge in [0.2, 0.25) is 5.91 Å². The fourth-order valence-corrected chi connectivity index (χ4v) is 2.06. The molecule has 2 N–H and O–H groups in total. The molecule has 0 atom stereocenters. The summed E-state index contributed by atoms with van der Waals surface area (Å²) >= 11 is 0. The van der Waals surface area contributed by atoms with E-state index in [1.165, 1.54) is 19.3 Å². The third kappa shape index (κ3) is 7.59. The molecule has 0 aliphatic carbocycles. The molecule has 0 spiro atoms. The summed E-state index contributed by atoms with van der Waals surface area (Å²) in [5.41, 5.74) is -0.187. The predicted molar refractivity (Wildman–Crippen MR) is 90.1 cm³/mol. The lowest BCUT2D eigenvalue weighted by Gasteiger charge is -2.30. The van der Waals surface area contributed by atoms with Crippen molar-refractivity contribution in [3.63, 3.8) is 0 Å². The van der Waals surface area contributed by atoms with Crippen LogP contribution in [0.2, 0.25) is 0 Å². The Balaban J connectivity index is 0.00000324. The number of guanidine groups is 1. The van der Waals surface area contributed by atoms with Gasteiger partial charge in [-0.05, 0) is 40.0 Å². The van der Waals surface area contributed by atoms with Gasteiger partial charge in [-0.1, -0.05) is 0 Å². The summed E-state index contributed by atoms with van der Waals surface area (Å²) < 4.78 is 0. The largest absolute Gasteiger partial charge is 0.350 e. The van der Waals surface area contributed by atoms with Crippen LogP contribution in [-0.4, -0.2) is 49.0 Å². The molecule has 1 amide bonds. The number of aliphatic imine (C=N–C) groups is 1.